The molecule has 0 N–H and O–H groups in total. The van der Waals surface area contributed by atoms with E-state index in [9.17, 15) is 10.1 Å². The average molecular weight is 221 g/mol. The Morgan fingerprint density at radius 1 is 1.50 bits per heavy atom. The molecule has 1 rings (SSSR count). The smallest absolute Gasteiger partial charge is 0.270 e. The van der Waals surface area contributed by atoms with Crippen LogP contribution in [0.3, 0.4) is 0 Å². The molecular weight excluding hydrogens is 206 g/mol. The van der Waals surface area contributed by atoms with Crippen LogP contribution in [-0.2, 0) is 4.74 Å². The number of non-ortho nitro benzene ring substituents is 1. The molecule has 0 unspecified atom stereocenters. The molecule has 0 saturated heterocycles. The second-order valence-electron chi connectivity index (χ2n) is 3.38. The molecule has 1 aromatic carbocycles. The van der Waals surface area contributed by atoms with Crippen molar-refractivity contribution in [2.45, 2.75) is 19.8 Å². The van der Waals surface area contributed by atoms with Gasteiger partial charge in [-0.15, -0.1) is 0 Å². The summed E-state index contributed by atoms with van der Waals surface area (Å²) < 4.78 is 5.23. The molecular formula is C12H15NO3. The maximum Gasteiger partial charge on any atom is 0.270 e. The first-order valence-electron chi connectivity index (χ1n) is 5.26. The first kappa shape index (κ1) is 12.2. The Kier molecular flexibility index (Phi) is 5.05. The molecule has 0 heterocycles. The molecule has 86 valence electrons. The molecule has 0 bridgehead atoms. The number of nitrogens with zero attached hydrogens (tertiary/aromatic N) is 1. The maximum absolute atomic E-state index is 10.5. The van der Waals surface area contributed by atoms with E-state index in [0.29, 0.717) is 6.61 Å². The van der Waals surface area contributed by atoms with E-state index in [1.807, 2.05) is 0 Å². The van der Waals surface area contributed by atoms with E-state index >= 15 is 0 Å². The Labute approximate surface area is 94.7 Å². The number of hydrogen-bond donors (Lipinski definition) is 0. The van der Waals surface area contributed by atoms with E-state index in [2.05, 4.69) is 6.92 Å². The van der Waals surface area contributed by atoms with Crippen LogP contribution < -0.4 is 0 Å². The average Bonchev–Trinajstić information content (AvgIpc) is 2.29. The number of hydrogen-bond acceptors (Lipinski definition) is 3. The van der Waals surface area contributed by atoms with Crippen molar-refractivity contribution < 1.29 is 9.66 Å². The van der Waals surface area contributed by atoms with Gasteiger partial charge < -0.3 is 4.74 Å². The summed E-state index contributed by atoms with van der Waals surface area (Å²) in [5.74, 6) is 0. The second kappa shape index (κ2) is 6.61. The summed E-state index contributed by atoms with van der Waals surface area (Å²) in [6, 6.07) is 6.44. The van der Waals surface area contributed by atoms with Crippen molar-refractivity contribution in [1.82, 2.24) is 0 Å². The van der Waals surface area contributed by atoms with Gasteiger partial charge in [0.2, 0.25) is 0 Å². The van der Waals surface area contributed by atoms with Crippen molar-refractivity contribution in [3.8, 4) is 0 Å². The predicted octanol–water partition coefficient (Wildman–Crippen LogP) is 3.38. The van der Waals surface area contributed by atoms with Crippen LogP contribution in [0, 0.1) is 10.1 Å². The normalized spacial score (nSPS) is 10.6. The lowest BCUT2D eigenvalue weighted by atomic mass is 10.2. The zero-order valence-corrected chi connectivity index (χ0v) is 9.26. The van der Waals surface area contributed by atoms with Crippen LogP contribution in [0.5, 0.6) is 0 Å². The van der Waals surface area contributed by atoms with Gasteiger partial charge in [-0.1, -0.05) is 25.5 Å². The van der Waals surface area contributed by atoms with E-state index in [1.54, 1.807) is 24.5 Å². The highest BCUT2D eigenvalue weighted by atomic mass is 16.6. The third-order valence-corrected chi connectivity index (χ3v) is 2.05. The monoisotopic (exact) mass is 221 g/mol. The molecule has 0 fully saturated rings. The summed E-state index contributed by atoms with van der Waals surface area (Å²) in [6.45, 7) is 2.77. The molecule has 0 radical (unpaired) electrons. The van der Waals surface area contributed by atoms with Gasteiger partial charge in [-0.25, -0.2) is 0 Å². The van der Waals surface area contributed by atoms with Crippen LogP contribution in [-0.4, -0.2) is 11.5 Å². The predicted molar refractivity (Wildman–Crippen MR) is 63.0 cm³/mol. The van der Waals surface area contributed by atoms with Crippen molar-refractivity contribution in [3.63, 3.8) is 0 Å². The van der Waals surface area contributed by atoms with Crippen LogP contribution in [0.25, 0.3) is 6.08 Å². The van der Waals surface area contributed by atoms with Gasteiger partial charge in [0.1, 0.15) is 0 Å². The van der Waals surface area contributed by atoms with E-state index in [-0.39, 0.29) is 5.69 Å². The first-order chi connectivity index (χ1) is 7.74. The lowest BCUT2D eigenvalue weighted by Crippen LogP contribution is -1.88. The van der Waals surface area contributed by atoms with Crippen LogP contribution in [0.4, 0.5) is 5.69 Å². The minimum atomic E-state index is -0.407. The SMILES string of the molecule is CCCCO/C=C/c1cccc([N+](=O)[O-])c1. The van der Waals surface area contributed by atoms with Gasteiger partial charge in [-0.2, -0.15) is 0 Å². The Morgan fingerprint density at radius 3 is 3.00 bits per heavy atom. The first-order valence-corrected chi connectivity index (χ1v) is 5.26. The fourth-order valence-corrected chi connectivity index (χ4v) is 1.16. The second-order valence-corrected chi connectivity index (χ2v) is 3.38. The van der Waals surface area contributed by atoms with Gasteiger partial charge in [-0.05, 0) is 18.1 Å². The Morgan fingerprint density at radius 2 is 2.31 bits per heavy atom. The van der Waals surface area contributed by atoms with E-state index in [4.69, 9.17) is 4.74 Å². The maximum atomic E-state index is 10.5. The number of nitro benzene ring substituents is 1. The molecule has 16 heavy (non-hydrogen) atoms. The fraction of sp³-hybridized carbons (Fsp3) is 0.333. The van der Waals surface area contributed by atoms with Crippen molar-refractivity contribution in [3.05, 3.63) is 46.2 Å². The lowest BCUT2D eigenvalue weighted by molar-refractivity contribution is -0.384. The van der Waals surface area contributed by atoms with E-state index in [1.165, 1.54) is 12.1 Å². The number of ether oxygens (including phenoxy) is 1. The highest BCUT2D eigenvalue weighted by molar-refractivity contribution is 5.52. The highest BCUT2D eigenvalue weighted by Gasteiger charge is 2.03. The highest BCUT2D eigenvalue weighted by Crippen LogP contribution is 2.14. The number of unbranched alkanes of at least 4 members (excludes halogenated alkanes) is 1. The van der Waals surface area contributed by atoms with Crippen molar-refractivity contribution in [2.24, 2.45) is 0 Å². The Bertz CT molecular complexity index is 374. The number of benzene rings is 1. The molecule has 0 spiro atoms. The third kappa shape index (κ3) is 4.13. The molecule has 4 nitrogen and oxygen atoms in total. The molecule has 0 aliphatic heterocycles. The summed E-state index contributed by atoms with van der Waals surface area (Å²) in [4.78, 5) is 10.1. The summed E-state index contributed by atoms with van der Waals surface area (Å²) in [6.07, 6.45) is 5.40. The number of rotatable bonds is 6. The van der Waals surface area contributed by atoms with Gasteiger partial charge >= 0.3 is 0 Å². The van der Waals surface area contributed by atoms with Crippen molar-refractivity contribution in [2.75, 3.05) is 6.61 Å². The zero-order chi connectivity index (χ0) is 11.8. The van der Waals surface area contributed by atoms with Crippen LogP contribution in [0.15, 0.2) is 30.5 Å². The van der Waals surface area contributed by atoms with E-state index in [0.717, 1.165) is 18.4 Å². The molecule has 0 aromatic heterocycles. The summed E-state index contributed by atoms with van der Waals surface area (Å²) in [5, 5.41) is 10.5. The Balaban J connectivity index is 2.53. The quantitative estimate of drug-likeness (QED) is 0.320. The topological polar surface area (TPSA) is 52.4 Å². The molecule has 4 heteroatoms. The molecule has 0 atom stereocenters. The molecule has 0 saturated carbocycles. The molecule has 1 aromatic rings. The largest absolute Gasteiger partial charge is 0.501 e. The number of nitro groups is 1. The fourth-order valence-electron chi connectivity index (χ4n) is 1.16. The van der Waals surface area contributed by atoms with Crippen LogP contribution in [0.2, 0.25) is 0 Å². The van der Waals surface area contributed by atoms with Crippen molar-refractivity contribution in [1.29, 1.82) is 0 Å². The molecule has 0 amide bonds. The summed E-state index contributed by atoms with van der Waals surface area (Å²) in [5.41, 5.74) is 0.862. The van der Waals surface area contributed by atoms with Gasteiger partial charge in [0.15, 0.2) is 0 Å². The van der Waals surface area contributed by atoms with E-state index < -0.39 is 4.92 Å². The summed E-state index contributed by atoms with van der Waals surface area (Å²) >= 11 is 0. The minimum absolute atomic E-state index is 0.0932. The van der Waals surface area contributed by atoms with Crippen LogP contribution >= 0.6 is 0 Å². The molecule has 0 aliphatic rings. The molecule has 0 aliphatic carbocycles. The lowest BCUT2D eigenvalue weighted by Gasteiger charge is -1.98. The van der Waals surface area contributed by atoms with Crippen LogP contribution in [0.1, 0.15) is 25.3 Å². The summed E-state index contributed by atoms with van der Waals surface area (Å²) in [7, 11) is 0. The minimum Gasteiger partial charge on any atom is -0.501 e. The van der Waals surface area contributed by atoms with Gasteiger partial charge in [-0.3, -0.25) is 10.1 Å². The zero-order valence-electron chi connectivity index (χ0n) is 9.26. The van der Waals surface area contributed by atoms with Gasteiger partial charge in [0.05, 0.1) is 17.8 Å². The Hall–Kier alpha value is -1.84. The van der Waals surface area contributed by atoms with Gasteiger partial charge in [0.25, 0.3) is 5.69 Å². The van der Waals surface area contributed by atoms with Gasteiger partial charge in [0, 0.05) is 12.1 Å². The standard InChI is InChI=1S/C12H15NO3/c1-2-3-8-16-9-7-11-5-4-6-12(10-11)13(14)15/h4-7,9-10H,2-3,8H2,1H3/b9-7+. The third-order valence-electron chi connectivity index (χ3n) is 2.05. The van der Waals surface area contributed by atoms with Crippen molar-refractivity contribution >= 4 is 11.8 Å².